The van der Waals surface area contributed by atoms with Crippen molar-refractivity contribution in [2.45, 2.75) is 45.1 Å². The molecule has 0 spiro atoms. The van der Waals surface area contributed by atoms with Gasteiger partial charge in [-0.15, -0.1) is 0 Å². The van der Waals surface area contributed by atoms with Gasteiger partial charge >= 0.3 is 13.3 Å². The standard InChI is InChI=1S/C13H17BF3NO3/c1-11(2)12(3,4)21-14(20-11)8-6-9(13(15,16)17)10(19-5)18-7-8/h6-7H,1-5H3. The molecule has 2 rings (SSSR count). The molecule has 0 aromatic carbocycles. The Kier molecular flexibility index (Phi) is 3.74. The third-order valence-electron chi connectivity index (χ3n) is 3.90. The first-order valence-corrected chi connectivity index (χ1v) is 6.45. The summed E-state index contributed by atoms with van der Waals surface area (Å²) in [6.45, 7) is 7.31. The average molecular weight is 303 g/mol. The number of rotatable bonds is 2. The van der Waals surface area contributed by atoms with E-state index in [0.29, 0.717) is 0 Å². The molecule has 0 amide bonds. The van der Waals surface area contributed by atoms with Gasteiger partial charge < -0.3 is 14.0 Å². The van der Waals surface area contributed by atoms with Crippen molar-refractivity contribution in [1.82, 2.24) is 4.98 Å². The van der Waals surface area contributed by atoms with Crippen molar-refractivity contribution in [3.05, 3.63) is 17.8 Å². The first kappa shape index (κ1) is 16.1. The molecular weight excluding hydrogens is 286 g/mol. The van der Waals surface area contributed by atoms with Gasteiger partial charge in [0.05, 0.1) is 18.3 Å². The van der Waals surface area contributed by atoms with Crippen molar-refractivity contribution < 1.29 is 27.2 Å². The predicted octanol–water partition coefficient (Wildman–Crippen LogP) is 2.41. The van der Waals surface area contributed by atoms with E-state index in [1.54, 1.807) is 0 Å². The van der Waals surface area contributed by atoms with Gasteiger partial charge in [0, 0.05) is 11.7 Å². The minimum atomic E-state index is -4.56. The van der Waals surface area contributed by atoms with E-state index in [-0.39, 0.29) is 5.46 Å². The summed E-state index contributed by atoms with van der Waals surface area (Å²) in [5.41, 5.74) is -2.00. The second kappa shape index (κ2) is 4.88. The Morgan fingerprint density at radius 1 is 1.14 bits per heavy atom. The lowest BCUT2D eigenvalue weighted by atomic mass is 9.79. The van der Waals surface area contributed by atoms with Gasteiger partial charge in [0.1, 0.15) is 5.56 Å². The van der Waals surface area contributed by atoms with Crippen LogP contribution in [0.1, 0.15) is 33.3 Å². The lowest BCUT2D eigenvalue weighted by molar-refractivity contribution is -0.139. The monoisotopic (exact) mass is 303 g/mol. The highest BCUT2D eigenvalue weighted by Gasteiger charge is 2.52. The smallest absolute Gasteiger partial charge is 0.481 e. The van der Waals surface area contributed by atoms with Gasteiger partial charge in [-0.25, -0.2) is 4.98 Å². The normalized spacial score (nSPS) is 20.7. The summed E-state index contributed by atoms with van der Waals surface area (Å²) in [6, 6.07) is 0.952. The molecule has 2 heterocycles. The third-order valence-corrected chi connectivity index (χ3v) is 3.90. The topological polar surface area (TPSA) is 40.6 Å². The van der Waals surface area contributed by atoms with Crippen LogP contribution in [0.5, 0.6) is 5.88 Å². The summed E-state index contributed by atoms with van der Waals surface area (Å²) in [6.07, 6.45) is -3.28. The first-order valence-electron chi connectivity index (χ1n) is 6.45. The minimum absolute atomic E-state index is 0.210. The highest BCUT2D eigenvalue weighted by molar-refractivity contribution is 6.62. The van der Waals surface area contributed by atoms with Crippen LogP contribution in [0.4, 0.5) is 13.2 Å². The molecule has 1 aliphatic rings. The van der Waals surface area contributed by atoms with Gasteiger partial charge in [0.2, 0.25) is 5.88 Å². The summed E-state index contributed by atoms with van der Waals surface area (Å²) < 4.78 is 55.1. The van der Waals surface area contributed by atoms with E-state index in [2.05, 4.69) is 9.72 Å². The lowest BCUT2D eigenvalue weighted by Crippen LogP contribution is -2.41. The molecule has 1 saturated heterocycles. The van der Waals surface area contributed by atoms with Gasteiger partial charge in [-0.2, -0.15) is 13.2 Å². The van der Waals surface area contributed by atoms with Crippen molar-refractivity contribution >= 4 is 12.6 Å². The molecule has 0 aliphatic carbocycles. The number of halogens is 3. The van der Waals surface area contributed by atoms with Gasteiger partial charge in [-0.05, 0) is 33.8 Å². The van der Waals surface area contributed by atoms with Crippen molar-refractivity contribution in [3.8, 4) is 5.88 Å². The minimum Gasteiger partial charge on any atom is -0.481 e. The van der Waals surface area contributed by atoms with E-state index in [4.69, 9.17) is 9.31 Å². The molecule has 1 aliphatic heterocycles. The maximum absolute atomic E-state index is 13.0. The third kappa shape index (κ3) is 2.87. The van der Waals surface area contributed by atoms with Crippen molar-refractivity contribution in [1.29, 1.82) is 0 Å². The van der Waals surface area contributed by atoms with Crippen LogP contribution >= 0.6 is 0 Å². The largest absolute Gasteiger partial charge is 0.496 e. The fraction of sp³-hybridized carbons (Fsp3) is 0.615. The Labute approximate surface area is 121 Å². The molecular formula is C13H17BF3NO3. The highest BCUT2D eigenvalue weighted by Crippen LogP contribution is 2.38. The number of aromatic nitrogens is 1. The Bertz CT molecular complexity index is 530. The van der Waals surface area contributed by atoms with Crippen molar-refractivity contribution in [2.75, 3.05) is 7.11 Å². The zero-order valence-corrected chi connectivity index (χ0v) is 12.5. The summed E-state index contributed by atoms with van der Waals surface area (Å²) in [7, 11) is 0.251. The second-order valence-corrected chi connectivity index (χ2v) is 5.91. The fourth-order valence-corrected chi connectivity index (χ4v) is 1.94. The van der Waals surface area contributed by atoms with Gasteiger partial charge in [-0.1, -0.05) is 0 Å². The van der Waals surface area contributed by atoms with Crippen LogP contribution in [0.3, 0.4) is 0 Å². The van der Waals surface area contributed by atoms with Crippen LogP contribution in [-0.2, 0) is 15.5 Å². The second-order valence-electron chi connectivity index (χ2n) is 5.91. The molecule has 1 aromatic rings. The predicted molar refractivity (Wildman–Crippen MR) is 71.5 cm³/mol. The number of hydrogen-bond acceptors (Lipinski definition) is 4. The number of alkyl halides is 3. The van der Waals surface area contributed by atoms with Gasteiger partial charge in [-0.3, -0.25) is 0 Å². The summed E-state index contributed by atoms with van der Waals surface area (Å²) in [5, 5.41) is 0. The molecule has 1 aromatic heterocycles. The molecule has 1 fully saturated rings. The van der Waals surface area contributed by atoms with E-state index in [1.165, 1.54) is 6.20 Å². The van der Waals surface area contributed by atoms with Gasteiger partial charge in [0.15, 0.2) is 0 Å². The van der Waals surface area contributed by atoms with E-state index < -0.39 is 35.9 Å². The Morgan fingerprint density at radius 2 is 1.67 bits per heavy atom. The molecule has 21 heavy (non-hydrogen) atoms. The van der Waals surface area contributed by atoms with Crippen molar-refractivity contribution in [2.24, 2.45) is 0 Å². The quantitative estimate of drug-likeness (QED) is 0.787. The number of ether oxygens (including phenoxy) is 1. The Balaban J connectivity index is 2.39. The van der Waals surface area contributed by atoms with Crippen LogP contribution in [0, 0.1) is 0 Å². The Morgan fingerprint density at radius 3 is 2.10 bits per heavy atom. The molecule has 0 bridgehead atoms. The molecule has 0 atom stereocenters. The molecule has 116 valence electrons. The molecule has 0 saturated carbocycles. The molecule has 4 nitrogen and oxygen atoms in total. The maximum Gasteiger partial charge on any atom is 0.496 e. The molecule has 0 unspecified atom stereocenters. The zero-order chi connectivity index (χ0) is 16.1. The van der Waals surface area contributed by atoms with E-state index in [0.717, 1.165) is 13.2 Å². The Hall–Kier alpha value is -1.28. The molecule has 0 radical (unpaired) electrons. The first-order chi connectivity index (χ1) is 9.48. The highest BCUT2D eigenvalue weighted by atomic mass is 19.4. The maximum atomic E-state index is 13.0. The van der Waals surface area contributed by atoms with Crippen LogP contribution in [-0.4, -0.2) is 30.4 Å². The lowest BCUT2D eigenvalue weighted by Gasteiger charge is -2.32. The van der Waals surface area contributed by atoms with E-state index in [1.807, 2.05) is 27.7 Å². The fourth-order valence-electron chi connectivity index (χ4n) is 1.94. The van der Waals surface area contributed by atoms with Gasteiger partial charge in [0.25, 0.3) is 0 Å². The number of methoxy groups -OCH3 is 1. The summed E-state index contributed by atoms with van der Waals surface area (Å²) in [4.78, 5) is 3.70. The summed E-state index contributed by atoms with van der Waals surface area (Å²) >= 11 is 0. The zero-order valence-electron chi connectivity index (χ0n) is 12.5. The van der Waals surface area contributed by atoms with E-state index in [9.17, 15) is 13.2 Å². The number of pyridine rings is 1. The SMILES string of the molecule is COc1ncc(B2OC(C)(C)C(C)(C)O2)cc1C(F)(F)F. The number of nitrogens with zero attached hydrogens (tertiary/aromatic N) is 1. The van der Waals surface area contributed by atoms with Crippen molar-refractivity contribution in [3.63, 3.8) is 0 Å². The van der Waals surface area contributed by atoms with Crippen LogP contribution < -0.4 is 10.2 Å². The molecule has 8 heteroatoms. The molecule has 0 N–H and O–H groups in total. The van der Waals surface area contributed by atoms with E-state index >= 15 is 0 Å². The summed E-state index contributed by atoms with van der Waals surface area (Å²) in [5.74, 6) is -0.470. The number of hydrogen-bond donors (Lipinski definition) is 0. The van der Waals surface area contributed by atoms with Crippen LogP contribution in [0.15, 0.2) is 12.3 Å². The van der Waals surface area contributed by atoms with Crippen LogP contribution in [0.25, 0.3) is 0 Å². The average Bonchev–Trinajstić information content (AvgIpc) is 2.56. The van der Waals surface area contributed by atoms with Crippen LogP contribution in [0.2, 0.25) is 0 Å².